The molecule has 1 saturated heterocycles. The molecule has 2 atom stereocenters. The summed E-state index contributed by atoms with van der Waals surface area (Å²) in [6.07, 6.45) is 2.01. The molecule has 0 saturated carbocycles. The molecular formula is C17H19N3O4. The molecule has 2 aromatic rings. The summed E-state index contributed by atoms with van der Waals surface area (Å²) < 4.78 is 6.93. The first-order valence-electron chi connectivity index (χ1n) is 7.75. The number of carbonyl (C=O) groups excluding carboxylic acids is 1. The fourth-order valence-electron chi connectivity index (χ4n) is 3.00. The van der Waals surface area contributed by atoms with Gasteiger partial charge in [-0.1, -0.05) is 18.2 Å². The lowest BCUT2D eigenvalue weighted by atomic mass is 10.1. The molecule has 1 N–H and O–H groups in total. The van der Waals surface area contributed by atoms with Gasteiger partial charge in [-0.25, -0.2) is 4.68 Å². The number of carboxylic acids is 1. The molecule has 0 bridgehead atoms. The van der Waals surface area contributed by atoms with Crippen LogP contribution in [0.15, 0.2) is 42.6 Å². The molecule has 24 heavy (non-hydrogen) atoms. The van der Waals surface area contributed by atoms with E-state index in [1.54, 1.807) is 29.0 Å². The van der Waals surface area contributed by atoms with Crippen molar-refractivity contribution in [3.8, 4) is 5.69 Å². The summed E-state index contributed by atoms with van der Waals surface area (Å²) in [5, 5.41) is 13.4. The fourth-order valence-corrected chi connectivity index (χ4v) is 3.00. The van der Waals surface area contributed by atoms with E-state index in [9.17, 15) is 9.59 Å². The summed E-state index contributed by atoms with van der Waals surface area (Å²) in [5.41, 5.74) is 1.15. The quantitative estimate of drug-likeness (QED) is 0.900. The molecule has 1 aromatic heterocycles. The van der Waals surface area contributed by atoms with E-state index in [-0.39, 0.29) is 24.5 Å². The van der Waals surface area contributed by atoms with Crippen LogP contribution in [0.25, 0.3) is 5.69 Å². The third-order valence-corrected chi connectivity index (χ3v) is 4.21. The molecule has 1 aliphatic heterocycles. The number of nitrogens with zero attached hydrogens (tertiary/aromatic N) is 3. The number of benzene rings is 1. The van der Waals surface area contributed by atoms with E-state index in [0.29, 0.717) is 18.7 Å². The summed E-state index contributed by atoms with van der Waals surface area (Å²) in [4.78, 5) is 25.3. The van der Waals surface area contributed by atoms with E-state index in [1.165, 1.54) is 0 Å². The molecule has 1 aromatic carbocycles. The van der Waals surface area contributed by atoms with Crippen molar-refractivity contribution >= 4 is 11.9 Å². The van der Waals surface area contributed by atoms with Crippen molar-refractivity contribution in [3.63, 3.8) is 0 Å². The maximum Gasteiger partial charge on any atom is 0.305 e. The predicted octanol–water partition coefficient (Wildman–Crippen LogP) is 1.58. The van der Waals surface area contributed by atoms with Gasteiger partial charge in [0.1, 0.15) is 0 Å². The van der Waals surface area contributed by atoms with E-state index in [0.717, 1.165) is 5.69 Å². The van der Waals surface area contributed by atoms with Crippen molar-refractivity contribution in [2.45, 2.75) is 25.0 Å². The van der Waals surface area contributed by atoms with Crippen LogP contribution in [0.2, 0.25) is 0 Å². The average molecular weight is 329 g/mol. The standard InChI is InChI=1S/C17H19N3O4/c1-24-14-9-13(10-16(21)22)19(11-14)17(23)15-7-8-20(18-15)12-5-3-2-4-6-12/h2-8,13-14H,9-11H2,1H3,(H,21,22). The highest BCUT2D eigenvalue weighted by molar-refractivity contribution is 5.93. The van der Waals surface area contributed by atoms with Gasteiger partial charge >= 0.3 is 5.97 Å². The molecule has 2 heterocycles. The lowest BCUT2D eigenvalue weighted by Crippen LogP contribution is -2.37. The topological polar surface area (TPSA) is 84.7 Å². The molecule has 1 amide bonds. The summed E-state index contributed by atoms with van der Waals surface area (Å²) >= 11 is 0. The second kappa shape index (κ2) is 6.84. The third kappa shape index (κ3) is 3.30. The number of rotatable bonds is 5. The Hall–Kier alpha value is -2.67. The van der Waals surface area contributed by atoms with Gasteiger partial charge in [0.2, 0.25) is 0 Å². The number of methoxy groups -OCH3 is 1. The SMILES string of the molecule is COC1CC(CC(=O)O)N(C(=O)c2ccn(-c3ccccc3)n2)C1. The molecule has 0 radical (unpaired) electrons. The van der Waals surface area contributed by atoms with Crippen molar-refractivity contribution in [3.05, 3.63) is 48.3 Å². The van der Waals surface area contributed by atoms with Crippen LogP contribution in [0.4, 0.5) is 0 Å². The smallest absolute Gasteiger partial charge is 0.305 e. The number of carboxylic acid groups (broad SMARTS) is 1. The van der Waals surface area contributed by atoms with Crippen LogP contribution in [-0.2, 0) is 9.53 Å². The Balaban J connectivity index is 1.80. The third-order valence-electron chi connectivity index (χ3n) is 4.21. The highest BCUT2D eigenvalue weighted by Gasteiger charge is 2.37. The Morgan fingerprint density at radius 2 is 2.04 bits per heavy atom. The predicted molar refractivity (Wildman–Crippen MR) is 86.1 cm³/mol. The molecule has 7 heteroatoms. The van der Waals surface area contributed by atoms with Crippen LogP contribution < -0.4 is 0 Å². The lowest BCUT2D eigenvalue weighted by Gasteiger charge is -2.22. The summed E-state index contributed by atoms with van der Waals surface area (Å²) in [5.74, 6) is -1.19. The Labute approximate surface area is 139 Å². The zero-order chi connectivity index (χ0) is 17.1. The molecule has 3 rings (SSSR count). The van der Waals surface area contributed by atoms with Crippen LogP contribution in [-0.4, -0.2) is 57.5 Å². The van der Waals surface area contributed by atoms with Gasteiger partial charge in [-0.2, -0.15) is 5.10 Å². The van der Waals surface area contributed by atoms with Gasteiger partial charge in [-0.3, -0.25) is 9.59 Å². The van der Waals surface area contributed by atoms with Gasteiger partial charge in [0.15, 0.2) is 5.69 Å². The van der Waals surface area contributed by atoms with E-state index >= 15 is 0 Å². The molecule has 1 fully saturated rings. The van der Waals surface area contributed by atoms with Crippen LogP contribution in [0, 0.1) is 0 Å². The number of aromatic nitrogens is 2. The van der Waals surface area contributed by atoms with Crippen molar-refractivity contribution in [2.75, 3.05) is 13.7 Å². The van der Waals surface area contributed by atoms with Crippen LogP contribution in [0.5, 0.6) is 0 Å². The Morgan fingerprint density at radius 3 is 2.71 bits per heavy atom. The highest BCUT2D eigenvalue weighted by Crippen LogP contribution is 2.24. The molecule has 0 spiro atoms. The van der Waals surface area contributed by atoms with Gasteiger partial charge in [-0.05, 0) is 24.6 Å². The number of hydrogen-bond donors (Lipinski definition) is 1. The van der Waals surface area contributed by atoms with Gasteiger partial charge < -0.3 is 14.7 Å². The molecule has 126 valence electrons. The number of likely N-dealkylation sites (tertiary alicyclic amines) is 1. The number of ether oxygens (including phenoxy) is 1. The average Bonchev–Trinajstić information content (AvgIpc) is 3.21. The lowest BCUT2D eigenvalue weighted by molar-refractivity contribution is -0.138. The van der Waals surface area contributed by atoms with Gasteiger partial charge in [0.25, 0.3) is 5.91 Å². The molecule has 1 aliphatic rings. The first kappa shape index (κ1) is 16.2. The summed E-state index contributed by atoms with van der Waals surface area (Å²) in [7, 11) is 1.57. The highest BCUT2D eigenvalue weighted by atomic mass is 16.5. The van der Waals surface area contributed by atoms with Crippen LogP contribution in [0.1, 0.15) is 23.3 Å². The van der Waals surface area contributed by atoms with Crippen molar-refractivity contribution in [1.29, 1.82) is 0 Å². The van der Waals surface area contributed by atoms with Gasteiger partial charge in [-0.15, -0.1) is 0 Å². The van der Waals surface area contributed by atoms with Crippen LogP contribution in [0.3, 0.4) is 0 Å². The van der Waals surface area contributed by atoms with Crippen molar-refractivity contribution in [1.82, 2.24) is 14.7 Å². The second-order valence-electron chi connectivity index (χ2n) is 5.78. The molecule has 7 nitrogen and oxygen atoms in total. The Bertz CT molecular complexity index is 728. The molecule has 0 aliphatic carbocycles. The number of para-hydroxylation sites is 1. The normalized spacial score (nSPS) is 20.3. The summed E-state index contributed by atoms with van der Waals surface area (Å²) in [6, 6.07) is 10.8. The maximum atomic E-state index is 12.7. The largest absolute Gasteiger partial charge is 0.481 e. The first-order chi connectivity index (χ1) is 11.6. The van der Waals surface area contributed by atoms with Gasteiger partial charge in [0, 0.05) is 25.9 Å². The monoisotopic (exact) mass is 329 g/mol. The number of amides is 1. The Kier molecular flexibility index (Phi) is 4.61. The zero-order valence-corrected chi connectivity index (χ0v) is 13.3. The number of aliphatic carboxylic acids is 1. The maximum absolute atomic E-state index is 12.7. The molecular weight excluding hydrogens is 310 g/mol. The van der Waals surface area contributed by atoms with Crippen LogP contribution >= 0.6 is 0 Å². The zero-order valence-electron chi connectivity index (χ0n) is 13.3. The molecule has 2 unspecified atom stereocenters. The first-order valence-corrected chi connectivity index (χ1v) is 7.75. The van der Waals surface area contributed by atoms with E-state index in [4.69, 9.17) is 9.84 Å². The number of carbonyl (C=O) groups is 2. The second-order valence-corrected chi connectivity index (χ2v) is 5.78. The fraction of sp³-hybridized carbons (Fsp3) is 0.353. The minimum absolute atomic E-state index is 0.0923. The van der Waals surface area contributed by atoms with Crippen molar-refractivity contribution in [2.24, 2.45) is 0 Å². The van der Waals surface area contributed by atoms with E-state index < -0.39 is 5.97 Å². The Morgan fingerprint density at radius 1 is 1.29 bits per heavy atom. The van der Waals surface area contributed by atoms with Gasteiger partial charge in [0.05, 0.1) is 18.2 Å². The minimum Gasteiger partial charge on any atom is -0.481 e. The van der Waals surface area contributed by atoms with Crippen molar-refractivity contribution < 1.29 is 19.4 Å². The summed E-state index contributed by atoms with van der Waals surface area (Å²) in [6.45, 7) is 0.380. The van der Waals surface area contributed by atoms with E-state index in [2.05, 4.69) is 5.10 Å². The van der Waals surface area contributed by atoms with E-state index in [1.807, 2.05) is 30.3 Å². The minimum atomic E-state index is -0.927. The number of hydrogen-bond acceptors (Lipinski definition) is 4.